The van der Waals surface area contributed by atoms with Gasteiger partial charge in [0.1, 0.15) is 5.75 Å². The highest BCUT2D eigenvalue weighted by Gasteiger charge is 2.21. The van der Waals surface area contributed by atoms with E-state index in [2.05, 4.69) is 15.6 Å². The SMILES string of the molecule is O=C(NCc1ccc(Oc2ccccc2)nc1)C1CSCN1. The van der Waals surface area contributed by atoms with E-state index in [1.54, 1.807) is 24.0 Å². The van der Waals surface area contributed by atoms with Gasteiger partial charge >= 0.3 is 0 Å². The van der Waals surface area contributed by atoms with Crippen molar-refractivity contribution in [3.05, 3.63) is 54.2 Å². The van der Waals surface area contributed by atoms with Crippen LogP contribution in [0.4, 0.5) is 0 Å². The van der Waals surface area contributed by atoms with Crippen LogP contribution in [0.2, 0.25) is 0 Å². The highest BCUT2D eigenvalue weighted by molar-refractivity contribution is 7.99. The molecule has 2 heterocycles. The molecule has 0 bridgehead atoms. The van der Waals surface area contributed by atoms with Gasteiger partial charge in [0, 0.05) is 30.4 Å². The average molecular weight is 315 g/mol. The van der Waals surface area contributed by atoms with Crippen molar-refractivity contribution in [3.63, 3.8) is 0 Å². The fraction of sp³-hybridized carbons (Fsp3) is 0.250. The maximum Gasteiger partial charge on any atom is 0.238 e. The number of benzene rings is 1. The highest BCUT2D eigenvalue weighted by Crippen LogP contribution is 2.18. The number of para-hydroxylation sites is 1. The minimum atomic E-state index is -0.0846. The smallest absolute Gasteiger partial charge is 0.238 e. The third-order valence-corrected chi connectivity index (χ3v) is 4.20. The molecule has 0 saturated carbocycles. The van der Waals surface area contributed by atoms with Gasteiger partial charge in [-0.3, -0.25) is 10.1 Å². The van der Waals surface area contributed by atoms with Crippen LogP contribution in [-0.4, -0.2) is 28.6 Å². The molecule has 0 radical (unpaired) electrons. The van der Waals surface area contributed by atoms with Crippen molar-refractivity contribution < 1.29 is 9.53 Å². The number of pyridine rings is 1. The average Bonchev–Trinajstić information content (AvgIpc) is 3.09. The third kappa shape index (κ3) is 3.99. The van der Waals surface area contributed by atoms with Gasteiger partial charge in [0.2, 0.25) is 11.8 Å². The van der Waals surface area contributed by atoms with Crippen LogP contribution >= 0.6 is 11.8 Å². The van der Waals surface area contributed by atoms with E-state index in [0.717, 1.165) is 22.9 Å². The van der Waals surface area contributed by atoms with E-state index in [9.17, 15) is 4.79 Å². The van der Waals surface area contributed by atoms with Crippen LogP contribution in [0.1, 0.15) is 5.56 Å². The van der Waals surface area contributed by atoms with Gasteiger partial charge in [-0.25, -0.2) is 4.98 Å². The molecule has 1 aliphatic rings. The summed E-state index contributed by atoms with van der Waals surface area (Å²) in [6, 6.07) is 13.1. The normalized spacial score (nSPS) is 17.2. The fourth-order valence-electron chi connectivity index (χ4n) is 2.06. The molecule has 1 atom stereocenters. The Labute approximate surface area is 133 Å². The predicted octanol–water partition coefficient (Wildman–Crippen LogP) is 2.15. The van der Waals surface area contributed by atoms with Crippen molar-refractivity contribution in [2.75, 3.05) is 11.6 Å². The predicted molar refractivity (Wildman–Crippen MR) is 86.8 cm³/mol. The Hall–Kier alpha value is -2.05. The lowest BCUT2D eigenvalue weighted by atomic mass is 10.2. The van der Waals surface area contributed by atoms with Gasteiger partial charge in [-0.1, -0.05) is 24.3 Å². The number of hydrogen-bond donors (Lipinski definition) is 2. The number of rotatable bonds is 5. The van der Waals surface area contributed by atoms with E-state index in [1.165, 1.54) is 0 Å². The molecule has 114 valence electrons. The standard InChI is InChI=1S/C16H17N3O2S/c20-16(14-10-22-11-19-14)18-9-12-6-7-15(17-8-12)21-13-4-2-1-3-5-13/h1-8,14,19H,9-11H2,(H,18,20). The minimum Gasteiger partial charge on any atom is -0.439 e. The molecular weight excluding hydrogens is 298 g/mol. The zero-order chi connectivity index (χ0) is 15.2. The maximum absolute atomic E-state index is 11.9. The number of carbonyl (C=O) groups excluding carboxylic acids is 1. The Morgan fingerprint density at radius 2 is 2.18 bits per heavy atom. The van der Waals surface area contributed by atoms with Gasteiger partial charge in [0.15, 0.2) is 0 Å². The molecule has 1 unspecified atom stereocenters. The maximum atomic E-state index is 11.9. The van der Waals surface area contributed by atoms with Gasteiger partial charge in [-0.05, 0) is 17.7 Å². The molecule has 5 nitrogen and oxygen atoms in total. The van der Waals surface area contributed by atoms with Crippen LogP contribution in [0, 0.1) is 0 Å². The number of nitrogens with zero attached hydrogens (tertiary/aromatic N) is 1. The second-order valence-corrected chi connectivity index (χ2v) is 5.94. The van der Waals surface area contributed by atoms with Crippen LogP contribution in [0.25, 0.3) is 0 Å². The Morgan fingerprint density at radius 3 is 2.86 bits per heavy atom. The van der Waals surface area contributed by atoms with Crippen LogP contribution in [0.15, 0.2) is 48.7 Å². The van der Waals surface area contributed by atoms with E-state index in [0.29, 0.717) is 12.4 Å². The van der Waals surface area contributed by atoms with E-state index in [-0.39, 0.29) is 11.9 Å². The quantitative estimate of drug-likeness (QED) is 0.885. The third-order valence-electron chi connectivity index (χ3n) is 3.26. The van der Waals surface area contributed by atoms with Crippen LogP contribution in [-0.2, 0) is 11.3 Å². The Balaban J connectivity index is 1.52. The second-order valence-electron chi connectivity index (χ2n) is 4.91. The van der Waals surface area contributed by atoms with Crippen molar-refractivity contribution in [1.82, 2.24) is 15.6 Å². The Bertz CT molecular complexity index is 613. The summed E-state index contributed by atoms with van der Waals surface area (Å²) in [5.74, 6) is 2.99. The van der Waals surface area contributed by atoms with Gasteiger partial charge in [0.25, 0.3) is 0 Å². The van der Waals surface area contributed by atoms with E-state index < -0.39 is 0 Å². The lowest BCUT2D eigenvalue weighted by Crippen LogP contribution is -2.41. The topological polar surface area (TPSA) is 63.2 Å². The Morgan fingerprint density at radius 1 is 1.32 bits per heavy atom. The van der Waals surface area contributed by atoms with Crippen molar-refractivity contribution in [2.24, 2.45) is 0 Å². The zero-order valence-electron chi connectivity index (χ0n) is 12.0. The number of ether oxygens (including phenoxy) is 1. The summed E-state index contributed by atoms with van der Waals surface area (Å²) in [5, 5.41) is 6.06. The lowest BCUT2D eigenvalue weighted by Gasteiger charge is -2.10. The summed E-state index contributed by atoms with van der Waals surface area (Å²) >= 11 is 1.73. The first-order valence-corrected chi connectivity index (χ1v) is 8.23. The van der Waals surface area contributed by atoms with E-state index >= 15 is 0 Å². The molecule has 1 aromatic heterocycles. The summed E-state index contributed by atoms with van der Waals surface area (Å²) < 4.78 is 5.63. The molecule has 3 rings (SSSR count). The molecule has 0 aliphatic carbocycles. The number of aromatic nitrogens is 1. The number of carbonyl (C=O) groups is 1. The Kier molecular flexibility index (Phi) is 4.92. The molecule has 0 spiro atoms. The van der Waals surface area contributed by atoms with E-state index in [1.807, 2.05) is 36.4 Å². The summed E-state index contributed by atoms with van der Waals surface area (Å²) in [5.41, 5.74) is 0.944. The summed E-state index contributed by atoms with van der Waals surface area (Å²) in [6.45, 7) is 0.473. The van der Waals surface area contributed by atoms with E-state index in [4.69, 9.17) is 4.74 Å². The first kappa shape index (κ1) is 14.9. The van der Waals surface area contributed by atoms with Gasteiger partial charge in [-0.15, -0.1) is 11.8 Å². The number of hydrogen-bond acceptors (Lipinski definition) is 5. The van der Waals surface area contributed by atoms with Crippen molar-refractivity contribution in [3.8, 4) is 11.6 Å². The van der Waals surface area contributed by atoms with Crippen molar-refractivity contribution in [1.29, 1.82) is 0 Å². The molecule has 1 aliphatic heterocycles. The van der Waals surface area contributed by atoms with Crippen molar-refractivity contribution >= 4 is 17.7 Å². The molecule has 2 N–H and O–H groups in total. The van der Waals surface area contributed by atoms with Crippen molar-refractivity contribution in [2.45, 2.75) is 12.6 Å². The highest BCUT2D eigenvalue weighted by atomic mass is 32.2. The largest absolute Gasteiger partial charge is 0.439 e. The van der Waals surface area contributed by atoms with Gasteiger partial charge < -0.3 is 10.1 Å². The zero-order valence-corrected chi connectivity index (χ0v) is 12.8. The number of nitrogens with one attached hydrogen (secondary N) is 2. The van der Waals surface area contributed by atoms with Gasteiger partial charge in [0.05, 0.1) is 6.04 Å². The summed E-state index contributed by atoms with van der Waals surface area (Å²) in [6.07, 6.45) is 1.72. The molecule has 1 saturated heterocycles. The second kappa shape index (κ2) is 7.29. The first-order chi connectivity index (χ1) is 10.8. The summed E-state index contributed by atoms with van der Waals surface area (Å²) in [7, 11) is 0. The number of amides is 1. The fourth-order valence-corrected chi connectivity index (χ4v) is 3.00. The molecule has 1 amide bonds. The molecule has 22 heavy (non-hydrogen) atoms. The molecule has 6 heteroatoms. The van der Waals surface area contributed by atoms with Crippen LogP contribution < -0.4 is 15.4 Å². The van der Waals surface area contributed by atoms with Crippen LogP contribution in [0.5, 0.6) is 11.6 Å². The molecule has 1 fully saturated rings. The minimum absolute atomic E-state index is 0.0367. The van der Waals surface area contributed by atoms with Gasteiger partial charge in [-0.2, -0.15) is 0 Å². The molecule has 2 aromatic rings. The molecular formula is C16H17N3O2S. The molecule has 1 aromatic carbocycles. The lowest BCUT2D eigenvalue weighted by molar-refractivity contribution is -0.122. The van der Waals surface area contributed by atoms with Crippen LogP contribution in [0.3, 0.4) is 0 Å². The monoisotopic (exact) mass is 315 g/mol. The number of thioether (sulfide) groups is 1. The summed E-state index contributed by atoms with van der Waals surface area (Å²) in [4.78, 5) is 16.2. The first-order valence-electron chi connectivity index (χ1n) is 7.08.